The SMILES string of the molecule is CN1Nc2ccccc2N1CC(O)CNCCO. The van der Waals surface area contributed by atoms with E-state index in [0.717, 1.165) is 11.4 Å². The fourth-order valence-corrected chi connectivity index (χ4v) is 2.02. The summed E-state index contributed by atoms with van der Waals surface area (Å²) in [6.45, 7) is 1.55. The van der Waals surface area contributed by atoms with E-state index in [0.29, 0.717) is 19.6 Å². The number of hydrogen-bond acceptors (Lipinski definition) is 6. The van der Waals surface area contributed by atoms with Gasteiger partial charge in [0.05, 0.1) is 30.6 Å². The molecule has 1 aromatic rings. The van der Waals surface area contributed by atoms with Crippen molar-refractivity contribution in [3.05, 3.63) is 24.3 Å². The van der Waals surface area contributed by atoms with Crippen LogP contribution >= 0.6 is 0 Å². The molecule has 4 N–H and O–H groups in total. The number of nitrogens with zero attached hydrogens (tertiary/aromatic N) is 2. The first-order valence-electron chi connectivity index (χ1n) is 6.09. The zero-order chi connectivity index (χ0) is 13.0. The molecular formula is C12H20N4O2. The van der Waals surface area contributed by atoms with Gasteiger partial charge in [0.15, 0.2) is 0 Å². The predicted octanol–water partition coefficient (Wildman–Crippen LogP) is -0.377. The van der Waals surface area contributed by atoms with Crippen molar-refractivity contribution in [1.29, 1.82) is 0 Å². The molecule has 6 nitrogen and oxygen atoms in total. The van der Waals surface area contributed by atoms with Gasteiger partial charge in [0.1, 0.15) is 0 Å². The topological polar surface area (TPSA) is 71.0 Å². The first-order chi connectivity index (χ1) is 8.72. The molecule has 0 saturated carbocycles. The second kappa shape index (κ2) is 6.01. The van der Waals surface area contributed by atoms with Crippen molar-refractivity contribution in [2.45, 2.75) is 6.10 Å². The molecule has 18 heavy (non-hydrogen) atoms. The van der Waals surface area contributed by atoms with E-state index >= 15 is 0 Å². The average molecular weight is 252 g/mol. The Hall–Kier alpha value is -1.34. The maximum absolute atomic E-state index is 9.94. The summed E-state index contributed by atoms with van der Waals surface area (Å²) < 4.78 is 0. The Morgan fingerprint density at radius 2 is 2.17 bits per heavy atom. The number of rotatable bonds is 6. The molecule has 1 aliphatic heterocycles. The third kappa shape index (κ3) is 2.91. The van der Waals surface area contributed by atoms with E-state index in [1.54, 1.807) is 0 Å². The average Bonchev–Trinajstić information content (AvgIpc) is 2.67. The van der Waals surface area contributed by atoms with Crippen LogP contribution < -0.4 is 15.8 Å². The molecule has 0 spiro atoms. The van der Waals surface area contributed by atoms with Gasteiger partial charge in [-0.25, -0.2) is 0 Å². The van der Waals surface area contributed by atoms with Crippen LogP contribution in [0.2, 0.25) is 0 Å². The van der Waals surface area contributed by atoms with Gasteiger partial charge in [-0.2, -0.15) is 0 Å². The van der Waals surface area contributed by atoms with Crippen molar-refractivity contribution in [2.75, 3.05) is 43.7 Å². The zero-order valence-corrected chi connectivity index (χ0v) is 10.5. The van der Waals surface area contributed by atoms with Crippen molar-refractivity contribution in [3.63, 3.8) is 0 Å². The van der Waals surface area contributed by atoms with Gasteiger partial charge in [-0.3, -0.25) is 10.4 Å². The number of nitrogens with one attached hydrogen (secondary N) is 2. The molecule has 1 atom stereocenters. The normalized spacial score (nSPS) is 16.5. The van der Waals surface area contributed by atoms with Gasteiger partial charge in [0.2, 0.25) is 0 Å². The van der Waals surface area contributed by atoms with Crippen LogP contribution in [0.5, 0.6) is 0 Å². The fraction of sp³-hybridized carbons (Fsp3) is 0.500. The Labute approximate surface area is 107 Å². The molecule has 1 aliphatic rings. The smallest absolute Gasteiger partial charge is 0.0855 e. The fourth-order valence-electron chi connectivity index (χ4n) is 2.02. The Kier molecular flexibility index (Phi) is 4.38. The number of aliphatic hydroxyl groups is 2. The van der Waals surface area contributed by atoms with E-state index in [1.165, 1.54) is 0 Å². The van der Waals surface area contributed by atoms with Gasteiger partial charge in [0.25, 0.3) is 0 Å². The molecule has 0 fully saturated rings. The first-order valence-corrected chi connectivity index (χ1v) is 6.09. The second-order valence-electron chi connectivity index (χ2n) is 4.32. The largest absolute Gasteiger partial charge is 0.395 e. The number of anilines is 2. The lowest BCUT2D eigenvalue weighted by atomic mass is 10.2. The van der Waals surface area contributed by atoms with E-state index in [9.17, 15) is 5.11 Å². The molecule has 2 rings (SSSR count). The standard InChI is InChI=1S/C12H20N4O2/c1-15-14-11-4-2-3-5-12(11)16(15)9-10(18)8-13-6-7-17/h2-5,10,13-14,17-18H,6-9H2,1H3. The van der Waals surface area contributed by atoms with E-state index < -0.39 is 6.10 Å². The van der Waals surface area contributed by atoms with Crippen LogP contribution in [0.4, 0.5) is 11.4 Å². The number of hydrazine groups is 2. The molecule has 6 heteroatoms. The van der Waals surface area contributed by atoms with Crippen molar-refractivity contribution < 1.29 is 10.2 Å². The molecule has 100 valence electrons. The highest BCUT2D eigenvalue weighted by Crippen LogP contribution is 2.32. The Balaban J connectivity index is 1.93. The second-order valence-corrected chi connectivity index (χ2v) is 4.32. The monoisotopic (exact) mass is 252 g/mol. The first kappa shape index (κ1) is 13.1. The minimum Gasteiger partial charge on any atom is -0.395 e. The molecule has 1 unspecified atom stereocenters. The lowest BCUT2D eigenvalue weighted by molar-refractivity contribution is 0.159. The maximum Gasteiger partial charge on any atom is 0.0855 e. The Bertz CT molecular complexity index is 388. The third-order valence-corrected chi connectivity index (χ3v) is 2.88. The van der Waals surface area contributed by atoms with Crippen LogP contribution in [0, 0.1) is 0 Å². The van der Waals surface area contributed by atoms with Gasteiger partial charge < -0.3 is 15.5 Å². The van der Waals surface area contributed by atoms with Crippen molar-refractivity contribution in [3.8, 4) is 0 Å². The van der Waals surface area contributed by atoms with Gasteiger partial charge in [-0.1, -0.05) is 12.1 Å². The summed E-state index contributed by atoms with van der Waals surface area (Å²) in [4.78, 5) is 0. The highest BCUT2D eigenvalue weighted by Gasteiger charge is 2.24. The highest BCUT2D eigenvalue weighted by molar-refractivity contribution is 5.72. The molecule has 0 amide bonds. The number of hydrogen-bond donors (Lipinski definition) is 4. The number of fused-ring (bicyclic) bond motifs is 1. The van der Waals surface area contributed by atoms with Crippen LogP contribution in [0.3, 0.4) is 0 Å². The minimum absolute atomic E-state index is 0.0841. The Morgan fingerprint density at radius 3 is 2.94 bits per heavy atom. The highest BCUT2D eigenvalue weighted by atomic mass is 16.3. The quantitative estimate of drug-likeness (QED) is 0.518. The van der Waals surface area contributed by atoms with E-state index in [-0.39, 0.29) is 6.61 Å². The molecule has 0 aliphatic carbocycles. The van der Waals surface area contributed by atoms with Crippen LogP contribution in [-0.2, 0) is 0 Å². The van der Waals surface area contributed by atoms with E-state index in [4.69, 9.17) is 5.11 Å². The number of para-hydroxylation sites is 2. The summed E-state index contributed by atoms with van der Waals surface area (Å²) in [5, 5.41) is 25.4. The van der Waals surface area contributed by atoms with Crippen molar-refractivity contribution in [2.24, 2.45) is 0 Å². The number of benzene rings is 1. The predicted molar refractivity (Wildman–Crippen MR) is 71.1 cm³/mol. The van der Waals surface area contributed by atoms with Crippen LogP contribution in [0.25, 0.3) is 0 Å². The van der Waals surface area contributed by atoms with Gasteiger partial charge in [-0.15, -0.1) is 5.12 Å². The number of β-amino-alcohol motifs (C(OH)–C–C–N with tert-alkyl or cyclic N) is 1. The molecule has 0 aromatic heterocycles. The summed E-state index contributed by atoms with van der Waals surface area (Å²) >= 11 is 0. The van der Waals surface area contributed by atoms with Crippen molar-refractivity contribution in [1.82, 2.24) is 10.4 Å². The molecule has 1 aromatic carbocycles. The molecule has 0 saturated heterocycles. The van der Waals surface area contributed by atoms with Gasteiger partial charge >= 0.3 is 0 Å². The van der Waals surface area contributed by atoms with Gasteiger partial charge in [0, 0.05) is 20.1 Å². The minimum atomic E-state index is -0.494. The lowest BCUT2D eigenvalue weighted by Crippen LogP contribution is -2.45. The van der Waals surface area contributed by atoms with Crippen molar-refractivity contribution >= 4 is 11.4 Å². The summed E-state index contributed by atoms with van der Waals surface area (Å²) in [5.74, 6) is 0. The van der Waals surface area contributed by atoms with E-state index in [2.05, 4.69) is 10.7 Å². The third-order valence-electron chi connectivity index (χ3n) is 2.88. The van der Waals surface area contributed by atoms with Crippen LogP contribution in [-0.4, -0.2) is 54.7 Å². The summed E-state index contributed by atoms with van der Waals surface area (Å²) in [5.41, 5.74) is 5.30. The molecule has 0 radical (unpaired) electrons. The summed E-state index contributed by atoms with van der Waals surface area (Å²) in [6, 6.07) is 7.97. The lowest BCUT2D eigenvalue weighted by Gasteiger charge is -2.28. The zero-order valence-electron chi connectivity index (χ0n) is 10.5. The number of aliphatic hydroxyl groups excluding tert-OH is 2. The summed E-state index contributed by atoms with van der Waals surface area (Å²) in [6.07, 6.45) is -0.494. The Morgan fingerprint density at radius 1 is 1.39 bits per heavy atom. The van der Waals surface area contributed by atoms with Gasteiger partial charge in [-0.05, 0) is 12.1 Å². The van der Waals surface area contributed by atoms with Crippen LogP contribution in [0.15, 0.2) is 24.3 Å². The van der Waals surface area contributed by atoms with E-state index in [1.807, 2.05) is 41.4 Å². The van der Waals surface area contributed by atoms with Crippen LogP contribution in [0.1, 0.15) is 0 Å². The molecule has 0 bridgehead atoms. The molecule has 1 heterocycles. The molecular weight excluding hydrogens is 232 g/mol. The maximum atomic E-state index is 9.94. The summed E-state index contributed by atoms with van der Waals surface area (Å²) in [7, 11) is 1.91.